The molecule has 1 aliphatic rings. The average Bonchev–Trinajstić information content (AvgIpc) is 2.35. The number of methoxy groups -OCH3 is 1. The van der Waals surface area contributed by atoms with Gasteiger partial charge < -0.3 is 10.1 Å². The van der Waals surface area contributed by atoms with Crippen LogP contribution in [0.2, 0.25) is 0 Å². The maximum atomic E-state index is 12.2. The van der Waals surface area contributed by atoms with Crippen molar-refractivity contribution in [3.05, 3.63) is 0 Å². The standard InChI is InChI=1S/C12H26N2O3S/c1-4-7-13-8-10-18(15,16)14-9-5-6-12(2,11-14)17-3/h13H,4-11H2,1-3H3. The van der Waals surface area contributed by atoms with Crippen molar-refractivity contribution >= 4 is 10.0 Å². The molecule has 0 spiro atoms. The van der Waals surface area contributed by atoms with E-state index in [4.69, 9.17) is 4.74 Å². The highest BCUT2D eigenvalue weighted by Crippen LogP contribution is 2.25. The molecule has 1 rings (SSSR count). The summed E-state index contributed by atoms with van der Waals surface area (Å²) in [5.74, 6) is 0.173. The minimum atomic E-state index is -3.15. The predicted octanol–water partition coefficient (Wildman–Crippen LogP) is 0.817. The van der Waals surface area contributed by atoms with Crippen LogP contribution in [0.1, 0.15) is 33.1 Å². The lowest BCUT2D eigenvalue weighted by atomic mass is 9.96. The van der Waals surface area contributed by atoms with Crippen LogP contribution >= 0.6 is 0 Å². The summed E-state index contributed by atoms with van der Waals surface area (Å²) in [5.41, 5.74) is -0.331. The Morgan fingerprint density at radius 1 is 1.39 bits per heavy atom. The molecule has 1 N–H and O–H groups in total. The number of hydrogen-bond acceptors (Lipinski definition) is 4. The van der Waals surface area contributed by atoms with Crippen LogP contribution in [-0.4, -0.2) is 57.4 Å². The van der Waals surface area contributed by atoms with Crippen molar-refractivity contribution in [2.45, 2.75) is 38.7 Å². The fourth-order valence-corrected chi connectivity index (χ4v) is 3.73. The van der Waals surface area contributed by atoms with Crippen molar-refractivity contribution in [2.24, 2.45) is 0 Å². The molecule has 1 heterocycles. The molecule has 5 nitrogen and oxygen atoms in total. The van der Waals surface area contributed by atoms with E-state index in [1.807, 2.05) is 6.92 Å². The number of ether oxygens (including phenoxy) is 1. The van der Waals surface area contributed by atoms with Gasteiger partial charge in [-0.05, 0) is 32.7 Å². The highest BCUT2D eigenvalue weighted by atomic mass is 32.2. The Balaban J connectivity index is 2.51. The third kappa shape index (κ3) is 4.50. The van der Waals surface area contributed by atoms with Crippen LogP contribution in [0.3, 0.4) is 0 Å². The summed E-state index contributed by atoms with van der Waals surface area (Å²) in [6, 6.07) is 0. The Bertz CT molecular complexity index is 345. The Morgan fingerprint density at radius 3 is 2.72 bits per heavy atom. The molecule has 0 aromatic carbocycles. The molecular weight excluding hydrogens is 252 g/mol. The predicted molar refractivity (Wildman–Crippen MR) is 73.2 cm³/mol. The Hall–Kier alpha value is -0.170. The first-order valence-corrected chi connectivity index (χ1v) is 8.28. The molecule has 1 aliphatic heterocycles. The quantitative estimate of drug-likeness (QED) is 0.700. The maximum absolute atomic E-state index is 12.2. The van der Waals surface area contributed by atoms with Crippen molar-refractivity contribution < 1.29 is 13.2 Å². The van der Waals surface area contributed by atoms with Gasteiger partial charge in [-0.2, -0.15) is 4.31 Å². The van der Waals surface area contributed by atoms with Gasteiger partial charge in [-0.1, -0.05) is 6.92 Å². The molecule has 1 atom stereocenters. The fraction of sp³-hybridized carbons (Fsp3) is 1.00. The van der Waals surface area contributed by atoms with Gasteiger partial charge in [0.05, 0.1) is 11.4 Å². The molecule has 18 heavy (non-hydrogen) atoms. The van der Waals surface area contributed by atoms with Gasteiger partial charge in [-0.3, -0.25) is 0 Å². The third-order valence-electron chi connectivity index (χ3n) is 3.47. The van der Waals surface area contributed by atoms with Crippen molar-refractivity contribution in [3.8, 4) is 0 Å². The maximum Gasteiger partial charge on any atom is 0.215 e. The fourth-order valence-electron chi connectivity index (χ4n) is 2.20. The molecule has 0 aromatic heterocycles. The monoisotopic (exact) mass is 278 g/mol. The van der Waals surface area contributed by atoms with Crippen LogP contribution in [0.5, 0.6) is 0 Å². The largest absolute Gasteiger partial charge is 0.377 e. The second-order valence-electron chi connectivity index (χ2n) is 5.16. The van der Waals surface area contributed by atoms with Crippen LogP contribution in [-0.2, 0) is 14.8 Å². The molecule has 6 heteroatoms. The highest BCUT2D eigenvalue weighted by Gasteiger charge is 2.35. The molecular formula is C12H26N2O3S. The van der Waals surface area contributed by atoms with E-state index in [1.165, 1.54) is 0 Å². The average molecular weight is 278 g/mol. The Morgan fingerprint density at radius 2 is 2.11 bits per heavy atom. The Kier molecular flexibility index (Phi) is 6.04. The Labute approximate surface area is 111 Å². The van der Waals surface area contributed by atoms with E-state index in [2.05, 4.69) is 12.2 Å². The summed E-state index contributed by atoms with van der Waals surface area (Å²) in [7, 11) is -1.50. The van der Waals surface area contributed by atoms with Gasteiger partial charge in [0.15, 0.2) is 0 Å². The lowest BCUT2D eigenvalue weighted by molar-refractivity contribution is -0.0319. The van der Waals surface area contributed by atoms with Gasteiger partial charge >= 0.3 is 0 Å². The van der Waals surface area contributed by atoms with Crippen molar-refractivity contribution in [1.82, 2.24) is 9.62 Å². The molecule has 0 aromatic rings. The molecule has 0 radical (unpaired) electrons. The number of rotatable bonds is 7. The van der Waals surface area contributed by atoms with Crippen LogP contribution < -0.4 is 5.32 Å². The normalized spacial score (nSPS) is 26.4. The van der Waals surface area contributed by atoms with E-state index < -0.39 is 10.0 Å². The third-order valence-corrected chi connectivity index (χ3v) is 5.29. The second kappa shape index (κ2) is 6.84. The number of nitrogens with one attached hydrogen (secondary N) is 1. The lowest BCUT2D eigenvalue weighted by Crippen LogP contribution is -2.50. The molecule has 0 aliphatic carbocycles. The summed E-state index contributed by atoms with van der Waals surface area (Å²) in [6.45, 7) is 6.52. The smallest absolute Gasteiger partial charge is 0.215 e. The van der Waals surface area contributed by atoms with Crippen LogP contribution in [0, 0.1) is 0 Å². The van der Waals surface area contributed by atoms with Gasteiger partial charge in [-0.15, -0.1) is 0 Å². The first-order valence-electron chi connectivity index (χ1n) is 6.67. The summed E-state index contributed by atoms with van der Waals surface area (Å²) >= 11 is 0. The number of hydrogen-bond donors (Lipinski definition) is 1. The van der Waals surface area contributed by atoms with Crippen molar-refractivity contribution in [1.29, 1.82) is 0 Å². The van der Waals surface area contributed by atoms with Crippen molar-refractivity contribution in [3.63, 3.8) is 0 Å². The van der Waals surface area contributed by atoms with E-state index in [1.54, 1.807) is 11.4 Å². The second-order valence-corrected chi connectivity index (χ2v) is 7.25. The number of sulfonamides is 1. The summed E-state index contributed by atoms with van der Waals surface area (Å²) in [4.78, 5) is 0. The number of piperidine rings is 1. The molecule has 108 valence electrons. The lowest BCUT2D eigenvalue weighted by Gasteiger charge is -2.38. The molecule has 1 unspecified atom stereocenters. The molecule has 0 bridgehead atoms. The topological polar surface area (TPSA) is 58.6 Å². The van der Waals surface area contributed by atoms with Gasteiger partial charge in [0.25, 0.3) is 0 Å². The van der Waals surface area contributed by atoms with E-state index >= 15 is 0 Å². The van der Waals surface area contributed by atoms with E-state index in [0.29, 0.717) is 19.6 Å². The highest BCUT2D eigenvalue weighted by molar-refractivity contribution is 7.89. The SMILES string of the molecule is CCCNCCS(=O)(=O)N1CCCC(C)(OC)C1. The first-order chi connectivity index (χ1) is 8.43. The summed E-state index contributed by atoms with van der Waals surface area (Å²) in [5, 5.41) is 3.13. The number of nitrogens with zero attached hydrogens (tertiary/aromatic N) is 1. The molecule has 1 saturated heterocycles. The van der Waals surface area contributed by atoms with Gasteiger partial charge in [0.1, 0.15) is 0 Å². The van der Waals surface area contributed by atoms with Gasteiger partial charge in [0.2, 0.25) is 10.0 Å². The zero-order chi connectivity index (χ0) is 13.6. The zero-order valence-electron chi connectivity index (χ0n) is 11.7. The van der Waals surface area contributed by atoms with E-state index in [-0.39, 0.29) is 11.4 Å². The van der Waals surface area contributed by atoms with Crippen LogP contribution in [0.25, 0.3) is 0 Å². The zero-order valence-corrected chi connectivity index (χ0v) is 12.6. The first kappa shape index (κ1) is 15.9. The van der Waals surface area contributed by atoms with Crippen LogP contribution in [0.4, 0.5) is 0 Å². The summed E-state index contributed by atoms with van der Waals surface area (Å²) in [6.07, 6.45) is 2.81. The van der Waals surface area contributed by atoms with Crippen molar-refractivity contribution in [2.75, 3.05) is 39.0 Å². The minimum absolute atomic E-state index is 0.173. The van der Waals surface area contributed by atoms with Gasteiger partial charge in [-0.25, -0.2) is 8.42 Å². The van der Waals surface area contributed by atoms with Gasteiger partial charge in [0, 0.05) is 26.7 Å². The summed E-state index contributed by atoms with van der Waals surface area (Å²) < 4.78 is 31.4. The molecule has 1 fully saturated rings. The molecule has 0 saturated carbocycles. The van der Waals surface area contributed by atoms with E-state index in [0.717, 1.165) is 25.8 Å². The minimum Gasteiger partial charge on any atom is -0.377 e. The van der Waals surface area contributed by atoms with Crippen LogP contribution in [0.15, 0.2) is 0 Å². The van der Waals surface area contributed by atoms with E-state index in [9.17, 15) is 8.42 Å². The molecule has 0 amide bonds.